The summed E-state index contributed by atoms with van der Waals surface area (Å²) in [6.45, 7) is 2.62. The fraction of sp³-hybridized carbons (Fsp3) is 0.500. The number of aliphatic hydroxyl groups excluding tert-OH is 1. The lowest BCUT2D eigenvalue weighted by Gasteiger charge is -2.18. The van der Waals surface area contributed by atoms with E-state index in [1.807, 2.05) is 23.7 Å². The molecule has 6 heteroatoms. The molecule has 0 amide bonds. The second kappa shape index (κ2) is 5.68. The Balaban J connectivity index is 2.07. The lowest BCUT2D eigenvalue weighted by Crippen LogP contribution is -2.16. The number of hydrogen-bond donors (Lipinski definition) is 2. The molecule has 2 heterocycles. The van der Waals surface area contributed by atoms with Crippen molar-refractivity contribution in [3.63, 3.8) is 0 Å². The van der Waals surface area contributed by atoms with E-state index in [2.05, 4.69) is 10.3 Å². The van der Waals surface area contributed by atoms with E-state index in [-0.39, 0.29) is 6.61 Å². The first-order valence-electron chi connectivity index (χ1n) is 6.87. The van der Waals surface area contributed by atoms with Crippen LogP contribution >= 0.6 is 0 Å². The Hall–Kier alpha value is -1.79. The molecule has 0 radical (unpaired) electrons. The molecule has 0 aliphatic carbocycles. The summed E-state index contributed by atoms with van der Waals surface area (Å²) < 4.78 is 13.2. The van der Waals surface area contributed by atoms with E-state index in [1.54, 1.807) is 0 Å². The number of benzene rings is 1. The van der Waals surface area contributed by atoms with Crippen molar-refractivity contribution >= 4 is 11.0 Å². The maximum absolute atomic E-state index is 9.27. The van der Waals surface area contributed by atoms with Gasteiger partial charge in [-0.3, -0.25) is 0 Å². The van der Waals surface area contributed by atoms with Gasteiger partial charge in [0.2, 0.25) is 0 Å². The molecule has 2 aromatic rings. The van der Waals surface area contributed by atoms with Crippen molar-refractivity contribution in [1.29, 1.82) is 0 Å². The van der Waals surface area contributed by atoms with Gasteiger partial charge in [0.15, 0.2) is 11.5 Å². The normalized spacial score (nSPS) is 13.9. The number of ether oxygens (including phenoxy) is 2. The van der Waals surface area contributed by atoms with Gasteiger partial charge in [-0.05, 0) is 7.05 Å². The van der Waals surface area contributed by atoms with Gasteiger partial charge in [-0.1, -0.05) is 0 Å². The molecule has 2 N–H and O–H groups in total. The summed E-state index contributed by atoms with van der Waals surface area (Å²) >= 11 is 0. The SMILES string of the molecule is CNCCc1nc2cc3c(cc2n1CCO)OCCO3. The Morgan fingerprint density at radius 2 is 2.05 bits per heavy atom. The fourth-order valence-corrected chi connectivity index (χ4v) is 2.49. The summed E-state index contributed by atoms with van der Waals surface area (Å²) in [5, 5.41) is 12.4. The molecule has 0 bridgehead atoms. The van der Waals surface area contributed by atoms with Crippen LogP contribution in [-0.2, 0) is 13.0 Å². The molecule has 108 valence electrons. The van der Waals surface area contributed by atoms with Gasteiger partial charge in [0.05, 0.1) is 17.6 Å². The third kappa shape index (κ3) is 2.32. The number of likely N-dealkylation sites (N-methyl/N-ethyl adjacent to an activating group) is 1. The molecule has 6 nitrogen and oxygen atoms in total. The molecule has 0 spiro atoms. The molecule has 20 heavy (non-hydrogen) atoms. The van der Waals surface area contributed by atoms with Gasteiger partial charge in [-0.25, -0.2) is 4.98 Å². The predicted octanol–water partition coefficient (Wildman–Crippen LogP) is 0.562. The summed E-state index contributed by atoms with van der Waals surface area (Å²) in [6.07, 6.45) is 0.817. The van der Waals surface area contributed by atoms with E-state index in [1.165, 1.54) is 0 Å². The number of nitrogens with zero attached hydrogens (tertiary/aromatic N) is 2. The fourth-order valence-electron chi connectivity index (χ4n) is 2.49. The Morgan fingerprint density at radius 1 is 1.30 bits per heavy atom. The van der Waals surface area contributed by atoms with Crippen molar-refractivity contribution in [3.05, 3.63) is 18.0 Å². The lowest BCUT2D eigenvalue weighted by molar-refractivity contribution is 0.172. The molecular weight excluding hydrogens is 258 g/mol. The summed E-state index contributed by atoms with van der Waals surface area (Å²) in [4.78, 5) is 4.65. The highest BCUT2D eigenvalue weighted by atomic mass is 16.6. The average molecular weight is 277 g/mol. The molecule has 0 saturated heterocycles. The molecule has 1 aliphatic rings. The van der Waals surface area contributed by atoms with E-state index in [0.717, 1.165) is 41.3 Å². The molecule has 0 atom stereocenters. The molecule has 3 rings (SSSR count). The Labute approximate surface area is 117 Å². The molecular formula is C14H19N3O3. The van der Waals surface area contributed by atoms with E-state index in [4.69, 9.17) is 9.47 Å². The van der Waals surface area contributed by atoms with Gasteiger partial charge < -0.3 is 24.5 Å². The van der Waals surface area contributed by atoms with E-state index >= 15 is 0 Å². The summed E-state index contributed by atoms with van der Waals surface area (Å²) in [5.74, 6) is 2.46. The maximum atomic E-state index is 9.27. The minimum absolute atomic E-state index is 0.0897. The van der Waals surface area contributed by atoms with Crippen molar-refractivity contribution in [1.82, 2.24) is 14.9 Å². The Kier molecular flexibility index (Phi) is 3.75. The van der Waals surface area contributed by atoms with Crippen molar-refractivity contribution in [2.75, 3.05) is 33.4 Å². The first-order chi connectivity index (χ1) is 9.83. The van der Waals surface area contributed by atoms with Gasteiger partial charge in [0.25, 0.3) is 0 Å². The summed E-state index contributed by atoms with van der Waals surface area (Å²) in [5.41, 5.74) is 1.86. The van der Waals surface area contributed by atoms with Crippen molar-refractivity contribution in [2.24, 2.45) is 0 Å². The number of rotatable bonds is 5. The summed E-state index contributed by atoms with van der Waals surface area (Å²) in [6, 6.07) is 3.87. The number of aromatic nitrogens is 2. The first kappa shape index (κ1) is 13.2. The molecule has 1 aromatic carbocycles. The smallest absolute Gasteiger partial charge is 0.163 e. The largest absolute Gasteiger partial charge is 0.486 e. The third-order valence-electron chi connectivity index (χ3n) is 3.41. The van der Waals surface area contributed by atoms with Crippen molar-refractivity contribution in [2.45, 2.75) is 13.0 Å². The third-order valence-corrected chi connectivity index (χ3v) is 3.41. The van der Waals surface area contributed by atoms with E-state index in [9.17, 15) is 5.11 Å². The Bertz CT molecular complexity index is 609. The van der Waals surface area contributed by atoms with Crippen LogP contribution in [0.3, 0.4) is 0 Å². The average Bonchev–Trinajstić information content (AvgIpc) is 2.80. The minimum atomic E-state index is 0.0897. The van der Waals surface area contributed by atoms with Crippen LogP contribution < -0.4 is 14.8 Å². The number of hydrogen-bond acceptors (Lipinski definition) is 5. The van der Waals surface area contributed by atoms with Gasteiger partial charge >= 0.3 is 0 Å². The monoisotopic (exact) mass is 277 g/mol. The molecule has 1 aliphatic heterocycles. The van der Waals surface area contributed by atoms with E-state index in [0.29, 0.717) is 19.8 Å². The van der Waals surface area contributed by atoms with Crippen molar-refractivity contribution in [3.8, 4) is 11.5 Å². The standard InChI is InChI=1S/C14H19N3O3/c1-15-3-2-14-16-10-8-12-13(20-7-6-19-12)9-11(10)17(14)4-5-18/h8-9,15,18H,2-7H2,1H3. The predicted molar refractivity (Wildman–Crippen MR) is 75.4 cm³/mol. The van der Waals surface area contributed by atoms with Crippen molar-refractivity contribution < 1.29 is 14.6 Å². The van der Waals surface area contributed by atoms with Gasteiger partial charge in [0, 0.05) is 31.6 Å². The van der Waals surface area contributed by atoms with Gasteiger partial charge in [-0.2, -0.15) is 0 Å². The second-order valence-electron chi connectivity index (χ2n) is 4.74. The van der Waals surface area contributed by atoms with Crippen LogP contribution in [0.1, 0.15) is 5.82 Å². The van der Waals surface area contributed by atoms with Crippen LogP contribution in [0, 0.1) is 0 Å². The quantitative estimate of drug-likeness (QED) is 0.836. The summed E-state index contributed by atoms with van der Waals surface area (Å²) in [7, 11) is 1.92. The second-order valence-corrected chi connectivity index (χ2v) is 4.74. The van der Waals surface area contributed by atoms with Gasteiger partial charge in [0.1, 0.15) is 19.0 Å². The van der Waals surface area contributed by atoms with Gasteiger partial charge in [-0.15, -0.1) is 0 Å². The van der Waals surface area contributed by atoms with E-state index < -0.39 is 0 Å². The zero-order valence-corrected chi connectivity index (χ0v) is 11.6. The zero-order valence-electron chi connectivity index (χ0n) is 11.6. The zero-order chi connectivity index (χ0) is 13.9. The highest BCUT2D eigenvalue weighted by molar-refractivity contribution is 5.80. The number of imidazole rings is 1. The number of aliphatic hydroxyl groups is 1. The first-order valence-corrected chi connectivity index (χ1v) is 6.87. The highest BCUT2D eigenvalue weighted by Gasteiger charge is 2.17. The van der Waals surface area contributed by atoms with Crippen LogP contribution in [0.5, 0.6) is 11.5 Å². The van der Waals surface area contributed by atoms with Crippen LogP contribution in [0.25, 0.3) is 11.0 Å². The molecule has 0 saturated carbocycles. The minimum Gasteiger partial charge on any atom is -0.486 e. The molecule has 1 aromatic heterocycles. The van der Waals surface area contributed by atoms with Crippen LogP contribution in [-0.4, -0.2) is 48.1 Å². The Morgan fingerprint density at radius 3 is 2.75 bits per heavy atom. The van der Waals surface area contributed by atoms with Crippen LogP contribution in [0.15, 0.2) is 12.1 Å². The molecule has 0 unspecified atom stereocenters. The van der Waals surface area contributed by atoms with Crippen LogP contribution in [0.4, 0.5) is 0 Å². The number of fused-ring (bicyclic) bond motifs is 2. The molecule has 0 fully saturated rings. The lowest BCUT2D eigenvalue weighted by atomic mass is 10.2. The highest BCUT2D eigenvalue weighted by Crippen LogP contribution is 2.34. The number of nitrogens with one attached hydrogen (secondary N) is 1. The van der Waals surface area contributed by atoms with Crippen LogP contribution in [0.2, 0.25) is 0 Å². The topological polar surface area (TPSA) is 68.5 Å². The maximum Gasteiger partial charge on any atom is 0.163 e.